The summed E-state index contributed by atoms with van der Waals surface area (Å²) in [5.41, 5.74) is 1.36. The molecule has 84 valence electrons. The Bertz CT molecular complexity index is 587. The van der Waals surface area contributed by atoms with Gasteiger partial charge in [0.05, 0.1) is 12.1 Å². The second kappa shape index (κ2) is 3.98. The molecule has 0 unspecified atom stereocenters. The quantitative estimate of drug-likeness (QED) is 0.792. The van der Waals surface area contributed by atoms with Gasteiger partial charge in [-0.15, -0.1) is 0 Å². The van der Waals surface area contributed by atoms with Gasteiger partial charge in [-0.05, 0) is 24.6 Å². The van der Waals surface area contributed by atoms with E-state index in [4.69, 9.17) is 5.11 Å². The molecule has 0 radical (unpaired) electrons. The summed E-state index contributed by atoms with van der Waals surface area (Å²) in [7, 11) is 0. The molecule has 0 aliphatic carbocycles. The first-order chi connectivity index (χ1) is 7.63. The zero-order chi connectivity index (χ0) is 11.7. The normalized spacial score (nSPS) is 10.9. The van der Waals surface area contributed by atoms with Crippen molar-refractivity contribution >= 4 is 10.9 Å². The second-order valence-corrected chi connectivity index (χ2v) is 3.74. The number of phenolic OH excluding ortho intramolecular Hbond substituents is 1. The van der Waals surface area contributed by atoms with Crippen LogP contribution >= 0.6 is 0 Å². The summed E-state index contributed by atoms with van der Waals surface area (Å²) in [6.45, 7) is 1.98. The van der Waals surface area contributed by atoms with Gasteiger partial charge in [0, 0.05) is 24.1 Å². The number of rotatable bonds is 2. The molecule has 0 saturated carbocycles. The Morgan fingerprint density at radius 2 is 2.06 bits per heavy atom. The summed E-state index contributed by atoms with van der Waals surface area (Å²) >= 11 is 0. The second-order valence-electron chi connectivity index (χ2n) is 3.74. The number of aromatic hydroxyl groups is 1. The number of hydrogen-bond donors (Lipinski definition) is 2. The van der Waals surface area contributed by atoms with Gasteiger partial charge in [-0.2, -0.15) is 0 Å². The van der Waals surface area contributed by atoms with Gasteiger partial charge < -0.3 is 14.8 Å². The first kappa shape index (κ1) is 10.7. The molecule has 0 spiro atoms. The smallest absolute Gasteiger partial charge is 0.251 e. The van der Waals surface area contributed by atoms with E-state index >= 15 is 0 Å². The molecule has 0 bridgehead atoms. The van der Waals surface area contributed by atoms with Crippen LogP contribution in [0.2, 0.25) is 0 Å². The highest BCUT2D eigenvalue weighted by molar-refractivity contribution is 5.83. The fourth-order valence-corrected chi connectivity index (χ4v) is 1.87. The Morgan fingerprint density at radius 3 is 2.75 bits per heavy atom. The van der Waals surface area contributed by atoms with Crippen LogP contribution in [0.1, 0.15) is 5.56 Å². The maximum Gasteiger partial charge on any atom is 0.251 e. The molecule has 2 N–H and O–H groups in total. The third-order valence-electron chi connectivity index (χ3n) is 2.63. The molecule has 1 aromatic carbocycles. The van der Waals surface area contributed by atoms with Crippen molar-refractivity contribution in [3.8, 4) is 5.75 Å². The van der Waals surface area contributed by atoms with Gasteiger partial charge in [-0.1, -0.05) is 0 Å². The Balaban J connectivity index is 2.86. The molecule has 4 heteroatoms. The highest BCUT2D eigenvalue weighted by Crippen LogP contribution is 2.21. The van der Waals surface area contributed by atoms with Gasteiger partial charge in [0.1, 0.15) is 5.75 Å². The minimum Gasteiger partial charge on any atom is -0.508 e. The predicted molar refractivity (Wildman–Crippen MR) is 61.7 cm³/mol. The van der Waals surface area contributed by atoms with E-state index in [2.05, 4.69) is 0 Å². The highest BCUT2D eigenvalue weighted by Gasteiger charge is 2.06. The zero-order valence-electron chi connectivity index (χ0n) is 8.97. The minimum absolute atomic E-state index is 0.103. The maximum absolute atomic E-state index is 11.7. The summed E-state index contributed by atoms with van der Waals surface area (Å²) in [6.07, 6.45) is 0. The molecule has 0 fully saturated rings. The number of aliphatic hydroxyl groups is 1. The lowest BCUT2D eigenvalue weighted by atomic mass is 10.1. The summed E-state index contributed by atoms with van der Waals surface area (Å²) < 4.78 is 1.46. The fourth-order valence-electron chi connectivity index (χ4n) is 1.87. The lowest BCUT2D eigenvalue weighted by Gasteiger charge is -2.10. The molecular weight excluding hydrogens is 206 g/mol. The van der Waals surface area contributed by atoms with Gasteiger partial charge in [0.15, 0.2) is 0 Å². The van der Waals surface area contributed by atoms with E-state index in [1.54, 1.807) is 18.2 Å². The number of fused-ring (bicyclic) bond motifs is 1. The van der Waals surface area contributed by atoms with Crippen LogP contribution in [0.15, 0.2) is 29.1 Å². The van der Waals surface area contributed by atoms with Gasteiger partial charge in [-0.25, -0.2) is 0 Å². The molecule has 0 atom stereocenters. The van der Waals surface area contributed by atoms with Crippen LogP contribution in [-0.2, 0) is 6.54 Å². The number of aromatic nitrogens is 1. The maximum atomic E-state index is 11.7. The Labute approximate surface area is 92.4 Å². The number of phenols is 1. The lowest BCUT2D eigenvalue weighted by molar-refractivity contribution is 0.276. The number of aryl methyl sites for hydroxylation is 1. The van der Waals surface area contributed by atoms with Crippen LogP contribution < -0.4 is 5.56 Å². The van der Waals surface area contributed by atoms with Gasteiger partial charge in [0.25, 0.3) is 5.56 Å². The van der Waals surface area contributed by atoms with Crippen LogP contribution in [0.25, 0.3) is 10.9 Å². The molecule has 1 aromatic heterocycles. The van der Waals surface area contributed by atoms with Crippen molar-refractivity contribution in [1.29, 1.82) is 0 Å². The summed E-state index contributed by atoms with van der Waals surface area (Å²) in [6, 6.07) is 6.44. The summed E-state index contributed by atoms with van der Waals surface area (Å²) in [5, 5.41) is 19.3. The predicted octanol–water partition coefficient (Wildman–Crippen LogP) is 1.01. The molecule has 1 heterocycles. The monoisotopic (exact) mass is 219 g/mol. The average molecular weight is 219 g/mol. The third kappa shape index (κ3) is 1.67. The summed E-state index contributed by atoms with van der Waals surface area (Å²) in [4.78, 5) is 11.7. The van der Waals surface area contributed by atoms with Gasteiger partial charge >= 0.3 is 0 Å². The molecule has 4 nitrogen and oxygen atoms in total. The van der Waals surface area contributed by atoms with Crippen LogP contribution in [0.3, 0.4) is 0 Å². The van der Waals surface area contributed by atoms with E-state index in [9.17, 15) is 9.90 Å². The van der Waals surface area contributed by atoms with Crippen molar-refractivity contribution < 1.29 is 10.2 Å². The van der Waals surface area contributed by atoms with E-state index in [-0.39, 0.29) is 24.5 Å². The minimum atomic E-state index is -0.162. The Kier molecular flexibility index (Phi) is 2.66. The van der Waals surface area contributed by atoms with Crippen molar-refractivity contribution in [2.75, 3.05) is 6.61 Å². The Hall–Kier alpha value is -1.81. The standard InChI is InChI=1S/C12H13NO3/c1-8-6-12(16)13(4-5-14)11-7-9(15)2-3-10(8)11/h2-3,6-7,14-15H,4-5H2,1H3. The van der Waals surface area contributed by atoms with Crippen molar-refractivity contribution in [3.05, 3.63) is 40.2 Å². The number of nitrogens with zero attached hydrogens (tertiary/aromatic N) is 1. The molecule has 0 amide bonds. The fraction of sp³-hybridized carbons (Fsp3) is 0.250. The topological polar surface area (TPSA) is 62.5 Å². The van der Waals surface area contributed by atoms with Crippen LogP contribution in [0.5, 0.6) is 5.75 Å². The zero-order valence-corrected chi connectivity index (χ0v) is 8.97. The first-order valence-electron chi connectivity index (χ1n) is 5.07. The van der Waals surface area contributed by atoms with E-state index in [0.717, 1.165) is 10.9 Å². The number of pyridine rings is 1. The van der Waals surface area contributed by atoms with Crippen LogP contribution in [-0.4, -0.2) is 21.4 Å². The molecule has 0 saturated heterocycles. The SMILES string of the molecule is Cc1cc(=O)n(CCO)c2cc(O)ccc12. The first-order valence-corrected chi connectivity index (χ1v) is 5.07. The average Bonchev–Trinajstić information content (AvgIpc) is 2.23. The molecule has 0 aliphatic heterocycles. The van der Waals surface area contributed by atoms with E-state index in [1.807, 2.05) is 6.92 Å². The van der Waals surface area contributed by atoms with E-state index in [1.165, 1.54) is 10.6 Å². The van der Waals surface area contributed by atoms with E-state index < -0.39 is 0 Å². The number of aliphatic hydroxyl groups excluding tert-OH is 1. The van der Waals surface area contributed by atoms with Crippen molar-refractivity contribution in [1.82, 2.24) is 4.57 Å². The van der Waals surface area contributed by atoms with E-state index in [0.29, 0.717) is 5.52 Å². The van der Waals surface area contributed by atoms with Gasteiger partial charge in [0.2, 0.25) is 0 Å². The van der Waals surface area contributed by atoms with Crippen molar-refractivity contribution in [2.45, 2.75) is 13.5 Å². The van der Waals surface area contributed by atoms with Crippen LogP contribution in [0, 0.1) is 6.92 Å². The summed E-state index contributed by atoms with van der Waals surface area (Å²) in [5.74, 6) is 0.115. The number of benzene rings is 1. The molecule has 16 heavy (non-hydrogen) atoms. The van der Waals surface area contributed by atoms with Crippen molar-refractivity contribution in [2.24, 2.45) is 0 Å². The molecule has 2 rings (SSSR count). The number of hydrogen-bond acceptors (Lipinski definition) is 3. The molecular formula is C12H13NO3. The van der Waals surface area contributed by atoms with Gasteiger partial charge in [-0.3, -0.25) is 4.79 Å². The van der Waals surface area contributed by atoms with Crippen LogP contribution in [0.4, 0.5) is 0 Å². The highest BCUT2D eigenvalue weighted by atomic mass is 16.3. The lowest BCUT2D eigenvalue weighted by Crippen LogP contribution is -2.21. The third-order valence-corrected chi connectivity index (χ3v) is 2.63. The molecule has 0 aliphatic rings. The largest absolute Gasteiger partial charge is 0.508 e. The molecule has 2 aromatic rings. The Morgan fingerprint density at radius 1 is 1.31 bits per heavy atom. The van der Waals surface area contributed by atoms with Crippen molar-refractivity contribution in [3.63, 3.8) is 0 Å².